The van der Waals surface area contributed by atoms with Crippen molar-refractivity contribution in [1.82, 2.24) is 4.72 Å². The Bertz CT molecular complexity index is 825. The van der Waals surface area contributed by atoms with Crippen LogP contribution >= 0.6 is 11.6 Å². The molecular formula is C16H16ClNO5S. The molecule has 2 aromatic rings. The topological polar surface area (TPSA) is 73.9 Å². The molecule has 1 N–H and O–H groups in total. The fourth-order valence-electron chi connectivity index (χ4n) is 2.18. The molecule has 0 spiro atoms. The van der Waals surface area contributed by atoms with Crippen LogP contribution in [0.5, 0.6) is 17.2 Å². The van der Waals surface area contributed by atoms with Crippen LogP contribution in [0.2, 0.25) is 5.02 Å². The maximum atomic E-state index is 12.3. The molecule has 0 saturated carbocycles. The summed E-state index contributed by atoms with van der Waals surface area (Å²) in [5, 5.41) is 0.560. The van der Waals surface area contributed by atoms with Crippen molar-refractivity contribution in [2.75, 3.05) is 26.4 Å². The first-order valence-electron chi connectivity index (χ1n) is 7.32. The zero-order chi connectivity index (χ0) is 17.0. The van der Waals surface area contributed by atoms with Crippen molar-refractivity contribution in [2.45, 2.75) is 4.90 Å². The predicted molar refractivity (Wildman–Crippen MR) is 89.6 cm³/mol. The molecule has 1 aliphatic heterocycles. The minimum Gasteiger partial charge on any atom is -0.492 e. The number of rotatable bonds is 6. The van der Waals surface area contributed by atoms with Crippen LogP contribution in [0.25, 0.3) is 0 Å². The summed E-state index contributed by atoms with van der Waals surface area (Å²) < 4.78 is 43.3. The van der Waals surface area contributed by atoms with E-state index in [0.717, 1.165) is 0 Å². The van der Waals surface area contributed by atoms with Gasteiger partial charge in [0.2, 0.25) is 10.0 Å². The Kier molecular flexibility index (Phi) is 5.13. The standard InChI is InChI=1S/C16H16ClNO5S/c17-12-2-1-3-13(10-12)21-7-6-18-24(19,20)14-4-5-15-16(11-14)23-9-8-22-15/h1-5,10-11,18H,6-9H2. The van der Waals surface area contributed by atoms with Gasteiger partial charge in [-0.05, 0) is 30.3 Å². The van der Waals surface area contributed by atoms with E-state index in [1.165, 1.54) is 12.1 Å². The molecule has 0 unspecified atom stereocenters. The highest BCUT2D eigenvalue weighted by Crippen LogP contribution is 2.32. The van der Waals surface area contributed by atoms with E-state index in [-0.39, 0.29) is 18.0 Å². The Morgan fingerprint density at radius 1 is 1.08 bits per heavy atom. The lowest BCUT2D eigenvalue weighted by Gasteiger charge is -2.19. The number of benzene rings is 2. The first kappa shape index (κ1) is 16.9. The molecule has 128 valence electrons. The zero-order valence-electron chi connectivity index (χ0n) is 12.7. The molecule has 0 radical (unpaired) electrons. The van der Waals surface area contributed by atoms with Crippen molar-refractivity contribution < 1.29 is 22.6 Å². The van der Waals surface area contributed by atoms with E-state index < -0.39 is 10.0 Å². The van der Waals surface area contributed by atoms with Gasteiger partial charge in [-0.1, -0.05) is 17.7 Å². The van der Waals surface area contributed by atoms with Crippen LogP contribution in [0, 0.1) is 0 Å². The number of fused-ring (bicyclic) bond motifs is 1. The van der Waals surface area contributed by atoms with E-state index in [0.29, 0.717) is 35.5 Å². The van der Waals surface area contributed by atoms with E-state index in [9.17, 15) is 8.42 Å². The van der Waals surface area contributed by atoms with Crippen LogP contribution in [-0.2, 0) is 10.0 Å². The highest BCUT2D eigenvalue weighted by atomic mass is 35.5. The van der Waals surface area contributed by atoms with Crippen LogP contribution in [0.15, 0.2) is 47.4 Å². The Labute approximate surface area is 145 Å². The molecule has 2 aromatic carbocycles. The molecule has 1 heterocycles. The molecule has 3 rings (SSSR count). The summed E-state index contributed by atoms with van der Waals surface area (Å²) in [5.41, 5.74) is 0. The average molecular weight is 370 g/mol. The van der Waals surface area contributed by atoms with Crippen molar-refractivity contribution in [1.29, 1.82) is 0 Å². The Morgan fingerprint density at radius 3 is 2.67 bits per heavy atom. The van der Waals surface area contributed by atoms with Crippen LogP contribution in [0.1, 0.15) is 0 Å². The summed E-state index contributed by atoms with van der Waals surface area (Å²) in [6.45, 7) is 1.17. The minimum absolute atomic E-state index is 0.120. The molecule has 24 heavy (non-hydrogen) atoms. The largest absolute Gasteiger partial charge is 0.492 e. The molecule has 0 aliphatic carbocycles. The Balaban J connectivity index is 1.58. The second-order valence-electron chi connectivity index (χ2n) is 5.01. The molecule has 1 aliphatic rings. The van der Waals surface area contributed by atoms with Crippen molar-refractivity contribution >= 4 is 21.6 Å². The predicted octanol–water partition coefficient (Wildman–Crippen LogP) is 2.47. The summed E-state index contributed by atoms with van der Waals surface area (Å²) in [6, 6.07) is 11.4. The van der Waals surface area contributed by atoms with E-state index in [1.54, 1.807) is 30.3 Å². The van der Waals surface area contributed by atoms with Gasteiger partial charge in [0.25, 0.3) is 0 Å². The number of nitrogens with one attached hydrogen (secondary N) is 1. The smallest absolute Gasteiger partial charge is 0.240 e. The quantitative estimate of drug-likeness (QED) is 0.792. The van der Waals surface area contributed by atoms with Crippen molar-refractivity contribution in [3.05, 3.63) is 47.5 Å². The monoisotopic (exact) mass is 369 g/mol. The van der Waals surface area contributed by atoms with Gasteiger partial charge >= 0.3 is 0 Å². The normalized spacial score (nSPS) is 13.5. The number of hydrogen-bond donors (Lipinski definition) is 1. The summed E-state index contributed by atoms with van der Waals surface area (Å²) in [7, 11) is -3.65. The van der Waals surface area contributed by atoms with E-state index in [1.807, 2.05) is 0 Å². The molecule has 0 bridgehead atoms. The van der Waals surface area contributed by atoms with Crippen molar-refractivity contribution in [3.63, 3.8) is 0 Å². The summed E-state index contributed by atoms with van der Waals surface area (Å²) >= 11 is 5.85. The number of sulfonamides is 1. The molecule has 0 fully saturated rings. The molecule has 8 heteroatoms. The second-order valence-corrected chi connectivity index (χ2v) is 7.21. The third-order valence-corrected chi connectivity index (χ3v) is 4.98. The van der Waals surface area contributed by atoms with Crippen LogP contribution in [-0.4, -0.2) is 34.8 Å². The lowest BCUT2D eigenvalue weighted by Crippen LogP contribution is -2.28. The van der Waals surface area contributed by atoms with Gasteiger partial charge in [-0.3, -0.25) is 0 Å². The summed E-state index contributed by atoms with van der Waals surface area (Å²) in [5.74, 6) is 1.56. The van der Waals surface area contributed by atoms with E-state index in [2.05, 4.69) is 4.72 Å². The maximum Gasteiger partial charge on any atom is 0.240 e. The second kappa shape index (κ2) is 7.29. The SMILES string of the molecule is O=S(=O)(NCCOc1cccc(Cl)c1)c1ccc2c(c1)OCCO2. The number of hydrogen-bond acceptors (Lipinski definition) is 5. The lowest BCUT2D eigenvalue weighted by molar-refractivity contribution is 0.171. The van der Waals surface area contributed by atoms with Gasteiger partial charge in [0.1, 0.15) is 25.6 Å². The minimum atomic E-state index is -3.65. The van der Waals surface area contributed by atoms with Gasteiger partial charge in [-0.15, -0.1) is 0 Å². The maximum absolute atomic E-state index is 12.3. The Morgan fingerprint density at radius 2 is 1.88 bits per heavy atom. The fraction of sp³-hybridized carbons (Fsp3) is 0.250. The van der Waals surface area contributed by atoms with Gasteiger partial charge in [0.15, 0.2) is 11.5 Å². The number of halogens is 1. The lowest BCUT2D eigenvalue weighted by atomic mass is 10.3. The summed E-state index contributed by atoms with van der Waals surface area (Å²) in [4.78, 5) is 0.120. The van der Waals surface area contributed by atoms with Gasteiger partial charge in [0, 0.05) is 17.6 Å². The summed E-state index contributed by atoms with van der Waals surface area (Å²) in [6.07, 6.45) is 0. The van der Waals surface area contributed by atoms with Crippen LogP contribution in [0.3, 0.4) is 0 Å². The van der Waals surface area contributed by atoms with Gasteiger partial charge in [-0.2, -0.15) is 0 Å². The van der Waals surface area contributed by atoms with E-state index in [4.69, 9.17) is 25.8 Å². The first-order chi connectivity index (χ1) is 11.5. The van der Waals surface area contributed by atoms with Crippen molar-refractivity contribution in [2.24, 2.45) is 0 Å². The Hall–Kier alpha value is -1.96. The molecule has 6 nitrogen and oxygen atoms in total. The van der Waals surface area contributed by atoms with E-state index >= 15 is 0 Å². The molecule has 0 atom stereocenters. The van der Waals surface area contributed by atoms with Gasteiger partial charge in [-0.25, -0.2) is 13.1 Å². The molecule has 0 aromatic heterocycles. The number of ether oxygens (including phenoxy) is 3. The highest BCUT2D eigenvalue weighted by molar-refractivity contribution is 7.89. The molecular weight excluding hydrogens is 354 g/mol. The first-order valence-corrected chi connectivity index (χ1v) is 9.18. The average Bonchev–Trinajstić information content (AvgIpc) is 2.58. The third-order valence-electron chi connectivity index (χ3n) is 3.28. The van der Waals surface area contributed by atoms with Crippen LogP contribution < -0.4 is 18.9 Å². The van der Waals surface area contributed by atoms with Gasteiger partial charge < -0.3 is 14.2 Å². The van der Waals surface area contributed by atoms with Gasteiger partial charge in [0.05, 0.1) is 4.90 Å². The molecule has 0 saturated heterocycles. The fourth-order valence-corrected chi connectivity index (χ4v) is 3.38. The highest BCUT2D eigenvalue weighted by Gasteiger charge is 2.19. The zero-order valence-corrected chi connectivity index (χ0v) is 14.3. The molecule has 0 amide bonds. The van der Waals surface area contributed by atoms with Crippen molar-refractivity contribution in [3.8, 4) is 17.2 Å². The van der Waals surface area contributed by atoms with Crippen LogP contribution in [0.4, 0.5) is 0 Å². The third kappa shape index (κ3) is 4.11.